The van der Waals surface area contributed by atoms with E-state index in [4.69, 9.17) is 5.11 Å². The molecule has 1 rings (SSSR count). The zero-order valence-electron chi connectivity index (χ0n) is 8.16. The van der Waals surface area contributed by atoms with Crippen molar-refractivity contribution < 1.29 is 27.8 Å². The van der Waals surface area contributed by atoms with Crippen LogP contribution in [0.1, 0.15) is 5.56 Å². The van der Waals surface area contributed by atoms with Gasteiger partial charge in [0.2, 0.25) is 0 Å². The summed E-state index contributed by atoms with van der Waals surface area (Å²) in [7, 11) is 0. The van der Waals surface area contributed by atoms with Crippen molar-refractivity contribution in [1.82, 2.24) is 0 Å². The molecule has 0 aliphatic rings. The second kappa shape index (κ2) is 5.39. The maximum Gasteiger partial charge on any atom is 0.573 e. The molecule has 0 amide bonds. The molecular formula is C10H6F3IO3. The van der Waals surface area contributed by atoms with Crippen LogP contribution in [0, 0.1) is 3.57 Å². The van der Waals surface area contributed by atoms with Crippen LogP contribution in [0.15, 0.2) is 24.3 Å². The molecule has 0 aliphatic heterocycles. The van der Waals surface area contributed by atoms with E-state index in [9.17, 15) is 18.0 Å². The fourth-order valence-corrected chi connectivity index (χ4v) is 1.44. The summed E-state index contributed by atoms with van der Waals surface area (Å²) in [5.41, 5.74) is 0.312. The number of ether oxygens (including phenoxy) is 1. The zero-order valence-corrected chi connectivity index (χ0v) is 10.3. The van der Waals surface area contributed by atoms with Gasteiger partial charge in [-0.1, -0.05) is 6.07 Å². The van der Waals surface area contributed by atoms with Crippen LogP contribution in [-0.4, -0.2) is 17.4 Å². The lowest BCUT2D eigenvalue weighted by Gasteiger charge is -2.10. The predicted octanol–water partition coefficient (Wildman–Crippen LogP) is 3.29. The zero-order chi connectivity index (χ0) is 13.1. The number of hydrogen-bond donors (Lipinski definition) is 1. The van der Waals surface area contributed by atoms with Crippen molar-refractivity contribution in [2.45, 2.75) is 6.36 Å². The van der Waals surface area contributed by atoms with E-state index in [1.807, 2.05) is 0 Å². The van der Waals surface area contributed by atoms with Gasteiger partial charge in [-0.3, -0.25) is 0 Å². The summed E-state index contributed by atoms with van der Waals surface area (Å²) in [6.45, 7) is 0. The molecule has 0 aromatic heterocycles. The van der Waals surface area contributed by atoms with E-state index < -0.39 is 12.3 Å². The molecule has 0 fully saturated rings. The first kappa shape index (κ1) is 13.8. The van der Waals surface area contributed by atoms with Crippen LogP contribution in [-0.2, 0) is 4.79 Å². The maximum atomic E-state index is 12.0. The largest absolute Gasteiger partial charge is 0.573 e. The normalized spacial score (nSPS) is 11.8. The molecule has 0 bridgehead atoms. The summed E-state index contributed by atoms with van der Waals surface area (Å²) >= 11 is 1.69. The number of benzene rings is 1. The van der Waals surface area contributed by atoms with E-state index >= 15 is 0 Å². The molecule has 3 nitrogen and oxygen atoms in total. The van der Waals surface area contributed by atoms with Gasteiger partial charge in [0.15, 0.2) is 0 Å². The summed E-state index contributed by atoms with van der Waals surface area (Å²) in [5, 5.41) is 8.39. The Labute approximate surface area is 108 Å². The molecule has 17 heavy (non-hydrogen) atoms. The van der Waals surface area contributed by atoms with Gasteiger partial charge in [0.05, 0.1) is 3.57 Å². The molecule has 0 atom stereocenters. The summed E-state index contributed by atoms with van der Waals surface area (Å²) in [6, 6.07) is 4.02. The molecular weight excluding hydrogens is 352 g/mol. The molecule has 1 aromatic carbocycles. The SMILES string of the molecule is O=C(O)/C=C/c1ccc(I)c(OC(F)(F)F)c1. The molecule has 1 aromatic rings. The molecule has 0 unspecified atom stereocenters. The number of hydrogen-bond acceptors (Lipinski definition) is 2. The number of alkyl halides is 3. The van der Waals surface area contributed by atoms with E-state index in [2.05, 4.69) is 4.74 Å². The highest BCUT2D eigenvalue weighted by Crippen LogP contribution is 2.28. The van der Waals surface area contributed by atoms with Gasteiger partial charge in [0.1, 0.15) is 5.75 Å². The molecule has 0 aliphatic carbocycles. The highest BCUT2D eigenvalue weighted by Gasteiger charge is 2.31. The number of carboxylic acids is 1. The minimum atomic E-state index is -4.77. The van der Waals surface area contributed by atoms with Crippen LogP contribution in [0.2, 0.25) is 0 Å². The summed E-state index contributed by atoms with van der Waals surface area (Å²) in [6.07, 6.45) is -2.75. The molecule has 0 spiro atoms. The topological polar surface area (TPSA) is 46.5 Å². The third-order valence-corrected chi connectivity index (χ3v) is 2.49. The van der Waals surface area contributed by atoms with Crippen molar-refractivity contribution >= 4 is 34.6 Å². The van der Waals surface area contributed by atoms with Crippen LogP contribution in [0.5, 0.6) is 5.75 Å². The first-order valence-corrected chi connectivity index (χ1v) is 5.32. The Bertz CT molecular complexity index is 455. The lowest BCUT2D eigenvalue weighted by atomic mass is 10.2. The van der Waals surface area contributed by atoms with Crippen LogP contribution in [0.25, 0.3) is 6.08 Å². The predicted molar refractivity (Wildman–Crippen MR) is 62.5 cm³/mol. The average Bonchev–Trinajstić information content (AvgIpc) is 2.17. The van der Waals surface area contributed by atoms with Crippen LogP contribution < -0.4 is 4.74 Å². The minimum absolute atomic E-state index is 0.285. The van der Waals surface area contributed by atoms with Crippen molar-refractivity contribution in [3.8, 4) is 5.75 Å². The quantitative estimate of drug-likeness (QED) is 0.667. The van der Waals surface area contributed by atoms with E-state index in [-0.39, 0.29) is 9.32 Å². The third-order valence-electron chi connectivity index (χ3n) is 1.60. The number of carbonyl (C=O) groups is 1. The van der Waals surface area contributed by atoms with Gasteiger partial charge < -0.3 is 9.84 Å². The van der Waals surface area contributed by atoms with Gasteiger partial charge in [-0.25, -0.2) is 4.79 Å². The first-order chi connectivity index (χ1) is 7.78. The summed E-state index contributed by atoms with van der Waals surface area (Å²) < 4.78 is 40.2. The van der Waals surface area contributed by atoms with Crippen LogP contribution >= 0.6 is 22.6 Å². The number of rotatable bonds is 3. The first-order valence-electron chi connectivity index (χ1n) is 4.24. The highest BCUT2D eigenvalue weighted by atomic mass is 127. The van der Waals surface area contributed by atoms with E-state index in [0.29, 0.717) is 5.56 Å². The monoisotopic (exact) mass is 358 g/mol. The minimum Gasteiger partial charge on any atom is -0.478 e. The second-order valence-corrected chi connectivity index (χ2v) is 4.07. The third kappa shape index (κ3) is 5.07. The Morgan fingerprint density at radius 2 is 2.06 bits per heavy atom. The molecule has 1 N–H and O–H groups in total. The van der Waals surface area contributed by atoms with Crippen molar-refractivity contribution in [1.29, 1.82) is 0 Å². The van der Waals surface area contributed by atoms with Crippen LogP contribution in [0.3, 0.4) is 0 Å². The fraction of sp³-hybridized carbons (Fsp3) is 0.100. The Kier molecular flexibility index (Phi) is 4.38. The van der Waals surface area contributed by atoms with E-state index in [0.717, 1.165) is 12.1 Å². The summed E-state index contributed by atoms with van der Waals surface area (Å²) in [4.78, 5) is 10.3. The van der Waals surface area contributed by atoms with Gasteiger partial charge in [0, 0.05) is 6.08 Å². The van der Waals surface area contributed by atoms with Gasteiger partial charge in [-0.2, -0.15) is 0 Å². The van der Waals surface area contributed by atoms with Crippen molar-refractivity contribution in [2.75, 3.05) is 0 Å². The van der Waals surface area contributed by atoms with Crippen LogP contribution in [0.4, 0.5) is 13.2 Å². The molecule has 7 heteroatoms. The molecule has 0 radical (unpaired) electrons. The Balaban J connectivity index is 2.98. The number of halogens is 4. The highest BCUT2D eigenvalue weighted by molar-refractivity contribution is 14.1. The standard InChI is InChI=1S/C10H6F3IO3/c11-10(12,13)17-8-5-6(1-3-7(8)14)2-4-9(15)16/h1-5H,(H,15,16)/b4-2+. The van der Waals surface area contributed by atoms with E-state index in [1.165, 1.54) is 18.2 Å². The smallest absolute Gasteiger partial charge is 0.478 e. The number of aliphatic carboxylic acids is 1. The number of carboxylic acid groups (broad SMARTS) is 1. The maximum absolute atomic E-state index is 12.0. The van der Waals surface area contributed by atoms with Crippen molar-refractivity contribution in [3.05, 3.63) is 33.4 Å². The van der Waals surface area contributed by atoms with Crippen molar-refractivity contribution in [3.63, 3.8) is 0 Å². The molecule has 0 saturated heterocycles. The lowest BCUT2D eigenvalue weighted by molar-refractivity contribution is -0.274. The van der Waals surface area contributed by atoms with Crippen molar-refractivity contribution in [2.24, 2.45) is 0 Å². The van der Waals surface area contributed by atoms with Gasteiger partial charge in [-0.15, -0.1) is 13.2 Å². The Hall–Kier alpha value is -1.25. The Morgan fingerprint density at radius 3 is 2.59 bits per heavy atom. The second-order valence-electron chi connectivity index (χ2n) is 2.91. The molecule has 0 saturated carbocycles. The van der Waals surface area contributed by atoms with Gasteiger partial charge in [0.25, 0.3) is 0 Å². The average molecular weight is 358 g/mol. The molecule has 92 valence electrons. The van der Waals surface area contributed by atoms with Gasteiger partial charge >= 0.3 is 12.3 Å². The van der Waals surface area contributed by atoms with E-state index in [1.54, 1.807) is 22.6 Å². The summed E-state index contributed by atoms with van der Waals surface area (Å²) in [5.74, 6) is -1.53. The molecule has 0 heterocycles. The lowest BCUT2D eigenvalue weighted by Crippen LogP contribution is -2.17. The Morgan fingerprint density at radius 1 is 1.41 bits per heavy atom. The fourth-order valence-electron chi connectivity index (χ4n) is 0.994. The van der Waals surface area contributed by atoms with Gasteiger partial charge in [-0.05, 0) is 46.4 Å².